The minimum atomic E-state index is -0.537. The van der Waals surface area contributed by atoms with Gasteiger partial charge in [-0.3, -0.25) is 4.89 Å². The summed E-state index contributed by atoms with van der Waals surface area (Å²) in [5.74, 6) is -0.537. The lowest BCUT2D eigenvalue weighted by molar-refractivity contribution is -0.267. The first-order valence-electron chi connectivity index (χ1n) is 8.74. The lowest BCUT2D eigenvalue weighted by Gasteiger charge is -2.00. The Balaban J connectivity index is 0.000000265. The molecule has 0 spiro atoms. The fraction of sp³-hybridized carbons (Fsp3) is 0.286. The fourth-order valence-corrected chi connectivity index (χ4v) is 1.83. The highest BCUT2D eigenvalue weighted by Crippen LogP contribution is 2.16. The van der Waals surface area contributed by atoms with E-state index in [2.05, 4.69) is 33.5 Å². The summed E-state index contributed by atoms with van der Waals surface area (Å²) in [6, 6.07) is 19.4. The van der Waals surface area contributed by atoms with Crippen molar-refractivity contribution in [3.8, 4) is 0 Å². The van der Waals surface area contributed by atoms with Gasteiger partial charge in [0.05, 0.1) is 18.0 Å². The summed E-state index contributed by atoms with van der Waals surface area (Å²) in [4.78, 5) is 19.4. The normalized spacial score (nSPS) is 10.0. The van der Waals surface area contributed by atoms with Crippen LogP contribution in [0.3, 0.4) is 0 Å². The van der Waals surface area contributed by atoms with Gasteiger partial charge in [0.1, 0.15) is 0 Å². The molecule has 138 valence electrons. The molecule has 0 aliphatic heterocycles. The maximum absolute atomic E-state index is 10.4. The topological polar surface area (TPSA) is 60.2 Å². The fourth-order valence-electron chi connectivity index (χ4n) is 1.83. The van der Waals surface area contributed by atoms with Crippen LogP contribution < -0.4 is 0 Å². The van der Waals surface area contributed by atoms with E-state index in [1.165, 1.54) is 12.8 Å². The molecule has 0 unspecified atom stereocenters. The quantitative estimate of drug-likeness (QED) is 0.174. The van der Waals surface area contributed by atoms with Crippen LogP contribution in [0.25, 0.3) is 0 Å². The Labute approximate surface area is 155 Å². The van der Waals surface area contributed by atoms with Gasteiger partial charge in [-0.1, -0.05) is 69.2 Å². The van der Waals surface area contributed by atoms with Crippen molar-refractivity contribution in [2.24, 2.45) is 10.2 Å². The van der Waals surface area contributed by atoms with Crippen LogP contribution in [0.1, 0.15) is 32.6 Å². The number of azo groups is 1. The van der Waals surface area contributed by atoms with Crippen LogP contribution in [-0.2, 0) is 14.6 Å². The van der Waals surface area contributed by atoms with E-state index < -0.39 is 5.97 Å². The number of carbonyl (C=O) groups is 1. The van der Waals surface area contributed by atoms with Crippen LogP contribution in [0.4, 0.5) is 11.4 Å². The molecule has 0 bridgehead atoms. The molecule has 2 aromatic rings. The van der Waals surface area contributed by atoms with Gasteiger partial charge in [0.25, 0.3) is 0 Å². The number of carbonyl (C=O) groups excluding carboxylic acids is 1. The third-order valence-electron chi connectivity index (χ3n) is 3.18. The summed E-state index contributed by atoms with van der Waals surface area (Å²) in [6.07, 6.45) is 5.50. The predicted molar refractivity (Wildman–Crippen MR) is 103 cm³/mol. The molecule has 0 aliphatic carbocycles. The van der Waals surface area contributed by atoms with Crippen LogP contribution in [0.5, 0.6) is 0 Å². The average Bonchev–Trinajstić information content (AvgIpc) is 2.71. The number of unbranched alkanes of at least 4 members (excludes halogenated alkanes) is 3. The molecule has 0 fully saturated rings. The summed E-state index contributed by atoms with van der Waals surface area (Å²) in [5, 5.41) is 8.20. The summed E-state index contributed by atoms with van der Waals surface area (Å²) < 4.78 is 0. The van der Waals surface area contributed by atoms with Crippen molar-refractivity contribution in [3.63, 3.8) is 0 Å². The highest BCUT2D eigenvalue weighted by Gasteiger charge is 1.95. The Morgan fingerprint density at radius 2 is 1.46 bits per heavy atom. The minimum absolute atomic E-state index is 0.472. The molecule has 0 aliphatic rings. The summed E-state index contributed by atoms with van der Waals surface area (Å²) in [7, 11) is 0. The second-order valence-corrected chi connectivity index (χ2v) is 5.36. The molecule has 5 heteroatoms. The molecule has 2 rings (SSSR count). The molecule has 26 heavy (non-hydrogen) atoms. The molecule has 0 amide bonds. The highest BCUT2D eigenvalue weighted by atomic mass is 17.2. The van der Waals surface area contributed by atoms with Crippen molar-refractivity contribution >= 4 is 17.3 Å². The van der Waals surface area contributed by atoms with Gasteiger partial charge in [-0.2, -0.15) is 15.1 Å². The van der Waals surface area contributed by atoms with E-state index in [4.69, 9.17) is 0 Å². The van der Waals surface area contributed by atoms with Crippen molar-refractivity contribution in [1.29, 1.82) is 0 Å². The number of rotatable bonds is 9. The van der Waals surface area contributed by atoms with E-state index in [9.17, 15) is 4.79 Å². The van der Waals surface area contributed by atoms with Crippen molar-refractivity contribution < 1.29 is 14.6 Å². The maximum Gasteiger partial charge on any atom is 0.365 e. The van der Waals surface area contributed by atoms with Gasteiger partial charge in [-0.05, 0) is 30.7 Å². The van der Waals surface area contributed by atoms with Gasteiger partial charge in [0.2, 0.25) is 0 Å². The minimum Gasteiger partial charge on any atom is -0.294 e. The molecule has 0 saturated carbocycles. The summed E-state index contributed by atoms with van der Waals surface area (Å²) in [5.41, 5.74) is 1.74. The van der Waals surface area contributed by atoms with E-state index in [0.29, 0.717) is 6.61 Å². The lowest BCUT2D eigenvalue weighted by atomic mass is 10.2. The van der Waals surface area contributed by atoms with Gasteiger partial charge in [0, 0.05) is 6.08 Å². The molecule has 0 N–H and O–H groups in total. The van der Waals surface area contributed by atoms with Crippen molar-refractivity contribution in [1.82, 2.24) is 0 Å². The third-order valence-corrected chi connectivity index (χ3v) is 3.18. The zero-order valence-corrected chi connectivity index (χ0v) is 15.2. The van der Waals surface area contributed by atoms with Gasteiger partial charge in [-0.25, -0.2) is 4.79 Å². The van der Waals surface area contributed by atoms with Crippen molar-refractivity contribution in [2.75, 3.05) is 6.61 Å². The van der Waals surface area contributed by atoms with Crippen molar-refractivity contribution in [2.45, 2.75) is 32.6 Å². The van der Waals surface area contributed by atoms with E-state index in [-0.39, 0.29) is 0 Å². The summed E-state index contributed by atoms with van der Waals surface area (Å²) >= 11 is 0. The lowest BCUT2D eigenvalue weighted by Crippen LogP contribution is -2.02. The Hall–Kier alpha value is -2.79. The standard InChI is InChI=1S/C12H10N2.C9H16O3/c1-3-7-11(8-4-1)13-14-12-9-5-2-6-10-12;1-3-5-6-7-8-11-12-9(10)4-2/h1-10H;4H,2-3,5-8H2,1H3. The van der Waals surface area contributed by atoms with Gasteiger partial charge >= 0.3 is 5.97 Å². The molecule has 5 nitrogen and oxygen atoms in total. The monoisotopic (exact) mass is 354 g/mol. The Morgan fingerprint density at radius 1 is 0.923 bits per heavy atom. The number of nitrogens with zero attached hydrogens (tertiary/aromatic N) is 2. The molecule has 0 atom stereocenters. The van der Waals surface area contributed by atoms with E-state index >= 15 is 0 Å². The Kier molecular flexibility index (Phi) is 11.9. The number of hydrogen-bond donors (Lipinski definition) is 0. The van der Waals surface area contributed by atoms with Crippen molar-refractivity contribution in [3.05, 3.63) is 73.3 Å². The predicted octanol–water partition coefficient (Wildman–Crippen LogP) is 6.33. The first-order valence-corrected chi connectivity index (χ1v) is 8.74. The molecule has 0 radical (unpaired) electrons. The number of benzene rings is 2. The van der Waals surface area contributed by atoms with E-state index in [1.807, 2.05) is 60.7 Å². The van der Waals surface area contributed by atoms with Gasteiger partial charge in [0.15, 0.2) is 0 Å². The first-order chi connectivity index (χ1) is 12.8. The SMILES string of the molecule is C=CC(=O)OOCCCCCC.c1ccc(N=Nc2ccccc2)cc1. The van der Waals surface area contributed by atoms with E-state index in [0.717, 1.165) is 30.3 Å². The van der Waals surface area contributed by atoms with Crippen LogP contribution in [-0.4, -0.2) is 12.6 Å². The van der Waals surface area contributed by atoms with Gasteiger partial charge < -0.3 is 0 Å². The second-order valence-electron chi connectivity index (χ2n) is 5.36. The van der Waals surface area contributed by atoms with Crippen LogP contribution in [0.2, 0.25) is 0 Å². The maximum atomic E-state index is 10.4. The third kappa shape index (κ3) is 10.9. The Bertz CT molecular complexity index is 601. The van der Waals surface area contributed by atoms with Gasteiger partial charge in [-0.15, -0.1) is 0 Å². The average molecular weight is 354 g/mol. The Morgan fingerprint density at radius 3 is 1.92 bits per heavy atom. The molecule has 0 aromatic heterocycles. The first kappa shape index (κ1) is 21.3. The van der Waals surface area contributed by atoms with E-state index in [1.54, 1.807) is 0 Å². The second kappa shape index (κ2) is 14.5. The zero-order chi connectivity index (χ0) is 18.9. The number of hydrogen-bond acceptors (Lipinski definition) is 5. The van der Waals surface area contributed by atoms with Crippen LogP contribution in [0, 0.1) is 0 Å². The van der Waals surface area contributed by atoms with Crippen LogP contribution >= 0.6 is 0 Å². The largest absolute Gasteiger partial charge is 0.365 e. The zero-order valence-electron chi connectivity index (χ0n) is 15.2. The molecule has 0 heterocycles. The molecular formula is C21H26N2O3. The highest BCUT2D eigenvalue weighted by molar-refractivity contribution is 5.80. The molecular weight excluding hydrogens is 328 g/mol. The van der Waals surface area contributed by atoms with Crippen LogP contribution in [0.15, 0.2) is 83.5 Å². The summed E-state index contributed by atoms with van der Waals surface area (Å²) in [6.45, 7) is 5.84. The molecule has 0 saturated heterocycles. The smallest absolute Gasteiger partial charge is 0.294 e. The molecule has 2 aromatic carbocycles.